The Labute approximate surface area is 107 Å². The molecule has 1 saturated heterocycles. The molecule has 0 aromatic rings. The molecule has 0 radical (unpaired) electrons. The molecule has 1 fully saturated rings. The molecule has 0 aromatic carbocycles. The molecular formula is C12H21N3O3. The van der Waals surface area contributed by atoms with Gasteiger partial charge in [-0.15, -0.1) is 6.58 Å². The van der Waals surface area contributed by atoms with Crippen LogP contribution < -0.4 is 10.6 Å². The number of amides is 2. The number of hydrogen-bond donors (Lipinski definition) is 3. The van der Waals surface area contributed by atoms with Gasteiger partial charge in [0.05, 0.1) is 0 Å². The molecule has 0 saturated carbocycles. The summed E-state index contributed by atoms with van der Waals surface area (Å²) in [7, 11) is 0. The monoisotopic (exact) mass is 255 g/mol. The number of nitrogens with zero attached hydrogens (tertiary/aromatic N) is 1. The van der Waals surface area contributed by atoms with Gasteiger partial charge >= 0.3 is 12.0 Å². The van der Waals surface area contributed by atoms with E-state index in [9.17, 15) is 9.59 Å². The second-order valence-corrected chi connectivity index (χ2v) is 4.36. The topological polar surface area (TPSA) is 81.7 Å². The minimum atomic E-state index is -1.05. The van der Waals surface area contributed by atoms with Crippen LogP contribution in [0, 0.1) is 0 Å². The van der Waals surface area contributed by atoms with Gasteiger partial charge in [0.2, 0.25) is 0 Å². The van der Waals surface area contributed by atoms with Gasteiger partial charge in [0, 0.05) is 13.1 Å². The first-order valence-corrected chi connectivity index (χ1v) is 6.24. The zero-order valence-electron chi connectivity index (χ0n) is 10.5. The van der Waals surface area contributed by atoms with Crippen LogP contribution in [0.25, 0.3) is 0 Å². The summed E-state index contributed by atoms with van der Waals surface area (Å²) in [6, 6.07) is -1.35. The number of carboxylic acids is 1. The fourth-order valence-corrected chi connectivity index (χ4v) is 1.93. The molecule has 1 rings (SSSR count). The summed E-state index contributed by atoms with van der Waals surface area (Å²) < 4.78 is 0. The van der Waals surface area contributed by atoms with E-state index >= 15 is 0 Å². The average Bonchev–Trinajstić information content (AvgIpc) is 2.81. The molecule has 6 nitrogen and oxygen atoms in total. The van der Waals surface area contributed by atoms with Crippen molar-refractivity contribution < 1.29 is 14.7 Å². The van der Waals surface area contributed by atoms with Gasteiger partial charge in [-0.05, 0) is 32.4 Å². The van der Waals surface area contributed by atoms with Crippen LogP contribution in [0.5, 0.6) is 0 Å². The third-order valence-electron chi connectivity index (χ3n) is 2.92. The van der Waals surface area contributed by atoms with Crippen LogP contribution in [0.2, 0.25) is 0 Å². The van der Waals surface area contributed by atoms with Crippen LogP contribution in [0.15, 0.2) is 12.7 Å². The summed E-state index contributed by atoms with van der Waals surface area (Å²) in [5, 5.41) is 13.9. The Kier molecular flexibility index (Phi) is 6.21. The number of nitrogens with one attached hydrogen (secondary N) is 2. The van der Waals surface area contributed by atoms with Crippen molar-refractivity contribution in [2.24, 2.45) is 0 Å². The van der Waals surface area contributed by atoms with Crippen LogP contribution >= 0.6 is 0 Å². The number of carbonyl (C=O) groups is 2. The average molecular weight is 255 g/mol. The molecule has 1 unspecified atom stereocenters. The maximum absolute atomic E-state index is 11.5. The predicted molar refractivity (Wildman–Crippen MR) is 68.4 cm³/mol. The third-order valence-corrected chi connectivity index (χ3v) is 2.92. The number of carboxylic acid groups (broad SMARTS) is 1. The Morgan fingerprint density at radius 2 is 2.06 bits per heavy atom. The number of urea groups is 1. The SMILES string of the molecule is C=CCC(NC(=O)NCCN1CCCC1)C(=O)O. The van der Waals surface area contributed by atoms with Gasteiger partial charge in [0.1, 0.15) is 6.04 Å². The molecule has 1 aliphatic rings. The van der Waals surface area contributed by atoms with Gasteiger partial charge in [-0.2, -0.15) is 0 Å². The minimum absolute atomic E-state index is 0.217. The number of carbonyl (C=O) groups excluding carboxylic acids is 1. The lowest BCUT2D eigenvalue weighted by Crippen LogP contribution is -2.47. The molecule has 6 heteroatoms. The highest BCUT2D eigenvalue weighted by Gasteiger charge is 2.18. The van der Waals surface area contributed by atoms with E-state index in [1.807, 2.05) is 0 Å². The van der Waals surface area contributed by atoms with Gasteiger partial charge in [-0.25, -0.2) is 9.59 Å². The van der Waals surface area contributed by atoms with Crippen LogP contribution in [-0.2, 0) is 4.79 Å². The number of hydrogen-bond acceptors (Lipinski definition) is 3. The van der Waals surface area contributed by atoms with Gasteiger partial charge in [-0.3, -0.25) is 0 Å². The molecule has 0 spiro atoms. The van der Waals surface area contributed by atoms with E-state index in [0.717, 1.165) is 19.6 Å². The van der Waals surface area contributed by atoms with Crippen molar-refractivity contribution in [1.29, 1.82) is 0 Å². The number of likely N-dealkylation sites (tertiary alicyclic amines) is 1. The smallest absolute Gasteiger partial charge is 0.326 e. The van der Waals surface area contributed by atoms with Gasteiger partial charge in [-0.1, -0.05) is 6.08 Å². The predicted octanol–water partition coefficient (Wildman–Crippen LogP) is 0.411. The molecule has 102 valence electrons. The Bertz CT molecular complexity index is 301. The summed E-state index contributed by atoms with van der Waals surface area (Å²) >= 11 is 0. The van der Waals surface area contributed by atoms with Gasteiger partial charge in [0.25, 0.3) is 0 Å². The van der Waals surface area contributed by atoms with Crippen molar-refractivity contribution in [3.8, 4) is 0 Å². The lowest BCUT2D eigenvalue weighted by atomic mass is 10.2. The second-order valence-electron chi connectivity index (χ2n) is 4.36. The number of aliphatic carboxylic acids is 1. The molecule has 0 aliphatic carbocycles. The zero-order valence-corrected chi connectivity index (χ0v) is 10.5. The van der Waals surface area contributed by atoms with E-state index in [0.29, 0.717) is 6.54 Å². The van der Waals surface area contributed by atoms with Crippen molar-refractivity contribution in [2.45, 2.75) is 25.3 Å². The van der Waals surface area contributed by atoms with E-state index < -0.39 is 18.0 Å². The largest absolute Gasteiger partial charge is 0.480 e. The highest BCUT2D eigenvalue weighted by molar-refractivity contribution is 5.82. The number of rotatable bonds is 7. The highest BCUT2D eigenvalue weighted by atomic mass is 16.4. The van der Waals surface area contributed by atoms with Crippen molar-refractivity contribution in [1.82, 2.24) is 15.5 Å². The zero-order chi connectivity index (χ0) is 13.4. The Morgan fingerprint density at radius 3 is 2.61 bits per heavy atom. The maximum Gasteiger partial charge on any atom is 0.326 e. The summed E-state index contributed by atoms with van der Waals surface area (Å²) in [6.45, 7) is 6.97. The quantitative estimate of drug-likeness (QED) is 0.576. The first-order valence-electron chi connectivity index (χ1n) is 6.24. The van der Waals surface area contributed by atoms with Crippen molar-refractivity contribution in [2.75, 3.05) is 26.2 Å². The summed E-state index contributed by atoms with van der Waals surface area (Å²) in [5.74, 6) is -1.05. The first-order chi connectivity index (χ1) is 8.63. The highest BCUT2D eigenvalue weighted by Crippen LogP contribution is 2.05. The third kappa shape index (κ3) is 5.18. The van der Waals surface area contributed by atoms with Crippen LogP contribution in [0.1, 0.15) is 19.3 Å². The van der Waals surface area contributed by atoms with Gasteiger partial charge in [0.15, 0.2) is 0 Å². The standard InChI is InChI=1S/C12H21N3O3/c1-2-5-10(11(16)17)14-12(18)13-6-9-15-7-3-4-8-15/h2,10H,1,3-9H2,(H,16,17)(H2,13,14,18). The van der Waals surface area contributed by atoms with Crippen LogP contribution in [0.4, 0.5) is 4.79 Å². The molecule has 2 amide bonds. The van der Waals surface area contributed by atoms with Crippen molar-refractivity contribution in [3.63, 3.8) is 0 Å². The fourth-order valence-electron chi connectivity index (χ4n) is 1.93. The molecule has 3 N–H and O–H groups in total. The van der Waals surface area contributed by atoms with Crippen molar-refractivity contribution >= 4 is 12.0 Å². The minimum Gasteiger partial charge on any atom is -0.480 e. The van der Waals surface area contributed by atoms with E-state index in [-0.39, 0.29) is 6.42 Å². The Balaban J connectivity index is 2.18. The Morgan fingerprint density at radius 1 is 1.39 bits per heavy atom. The Hall–Kier alpha value is -1.56. The lowest BCUT2D eigenvalue weighted by Gasteiger charge is -2.16. The first kappa shape index (κ1) is 14.5. The van der Waals surface area contributed by atoms with Gasteiger partial charge < -0.3 is 20.6 Å². The maximum atomic E-state index is 11.5. The second kappa shape index (κ2) is 7.71. The van der Waals surface area contributed by atoms with Crippen LogP contribution in [-0.4, -0.2) is 54.2 Å². The normalized spacial score (nSPS) is 17.1. The van der Waals surface area contributed by atoms with E-state index in [1.165, 1.54) is 18.9 Å². The van der Waals surface area contributed by atoms with E-state index in [2.05, 4.69) is 22.1 Å². The van der Waals surface area contributed by atoms with Crippen LogP contribution in [0.3, 0.4) is 0 Å². The van der Waals surface area contributed by atoms with E-state index in [1.54, 1.807) is 0 Å². The van der Waals surface area contributed by atoms with Crippen molar-refractivity contribution in [3.05, 3.63) is 12.7 Å². The molecular weight excluding hydrogens is 234 g/mol. The molecule has 0 bridgehead atoms. The molecule has 1 aliphatic heterocycles. The van der Waals surface area contributed by atoms with E-state index in [4.69, 9.17) is 5.11 Å². The summed E-state index contributed by atoms with van der Waals surface area (Å²) in [6.07, 6.45) is 4.12. The lowest BCUT2D eigenvalue weighted by molar-refractivity contribution is -0.139. The molecule has 0 aromatic heterocycles. The molecule has 1 atom stereocenters. The summed E-state index contributed by atoms with van der Waals surface area (Å²) in [4.78, 5) is 24.6. The molecule has 18 heavy (non-hydrogen) atoms. The fraction of sp³-hybridized carbons (Fsp3) is 0.667. The molecule has 1 heterocycles. The summed E-state index contributed by atoms with van der Waals surface area (Å²) in [5.41, 5.74) is 0.